The van der Waals surface area contributed by atoms with Gasteiger partial charge in [0.05, 0.1) is 16.8 Å². The zero-order valence-electron chi connectivity index (χ0n) is 31.0. The summed E-state index contributed by atoms with van der Waals surface area (Å²) in [5.41, 5.74) is 13.3. The van der Waals surface area contributed by atoms with Gasteiger partial charge in [0.25, 0.3) is 0 Å². The summed E-state index contributed by atoms with van der Waals surface area (Å²) in [4.78, 5) is 2.45. The standard InChI is InChI=1S/C52H41NP2/c1-51(2)47-28-16-17-29-49(47)53(39-18-6-3-7-19-39)50-35-32-38(36-48(50)51)52(45-26-14-12-24-43(45)44-25-13-15-27-46(44)52)37-30-33-42(34-31-37)55(54,40-20-8-4-9-21-40)41-22-10-5-11-23-41/h3-36,54H,1-2H3. The molecule has 0 aromatic heterocycles. The molecule has 0 fully saturated rings. The Morgan fingerprint density at radius 2 is 0.836 bits per heavy atom. The molecule has 1 nitrogen and oxygen atoms in total. The maximum Gasteiger partial charge on any atom is 0.0713 e. The number of anilines is 3. The average molecular weight is 742 g/mol. The Morgan fingerprint density at radius 1 is 0.400 bits per heavy atom. The minimum Gasteiger partial charge on any atom is -0.310 e. The van der Waals surface area contributed by atoms with E-state index in [9.17, 15) is 0 Å². The molecule has 3 heteroatoms. The van der Waals surface area contributed by atoms with Crippen LogP contribution in [0.25, 0.3) is 11.1 Å². The van der Waals surface area contributed by atoms with Crippen molar-refractivity contribution in [3.63, 3.8) is 0 Å². The van der Waals surface area contributed by atoms with Gasteiger partial charge in [0.2, 0.25) is 0 Å². The quantitative estimate of drug-likeness (QED) is 0.153. The molecular weight excluding hydrogens is 701 g/mol. The van der Waals surface area contributed by atoms with Crippen molar-refractivity contribution in [2.45, 2.75) is 24.7 Å². The summed E-state index contributed by atoms with van der Waals surface area (Å²) < 4.78 is 0. The zero-order valence-corrected chi connectivity index (χ0v) is 32.9. The third-order valence-electron chi connectivity index (χ3n) is 12.1. The first-order valence-electron chi connectivity index (χ1n) is 19.1. The van der Waals surface area contributed by atoms with E-state index in [0.29, 0.717) is 0 Å². The molecule has 8 aromatic rings. The molecule has 264 valence electrons. The summed E-state index contributed by atoms with van der Waals surface area (Å²) in [7, 11) is 4.50. The van der Waals surface area contributed by atoms with Crippen molar-refractivity contribution in [3.05, 3.63) is 240 Å². The van der Waals surface area contributed by atoms with Gasteiger partial charge in [-0.3, -0.25) is 0 Å². The van der Waals surface area contributed by atoms with Gasteiger partial charge in [-0.05, 0) is 91.2 Å². The van der Waals surface area contributed by atoms with Crippen molar-refractivity contribution in [2.24, 2.45) is 0 Å². The van der Waals surface area contributed by atoms with Crippen LogP contribution in [0.4, 0.5) is 17.1 Å². The lowest BCUT2D eigenvalue weighted by Gasteiger charge is -2.43. The number of para-hydroxylation sites is 2. The molecule has 0 bridgehead atoms. The molecule has 55 heavy (non-hydrogen) atoms. The van der Waals surface area contributed by atoms with Crippen molar-refractivity contribution in [2.75, 3.05) is 4.90 Å². The molecule has 0 N–H and O–H groups in total. The number of rotatable bonds is 6. The van der Waals surface area contributed by atoms with Crippen molar-refractivity contribution >= 4 is 48.1 Å². The molecule has 0 unspecified atom stereocenters. The Hall–Kier alpha value is -5.71. The summed E-state index contributed by atoms with van der Waals surface area (Å²) in [6.45, 7) is 2.68. The molecule has 0 radical (unpaired) electrons. The highest BCUT2D eigenvalue weighted by Gasteiger charge is 2.47. The number of benzene rings is 8. The van der Waals surface area contributed by atoms with Crippen LogP contribution in [0.15, 0.2) is 206 Å². The van der Waals surface area contributed by atoms with Crippen LogP contribution in [0.1, 0.15) is 47.2 Å². The van der Waals surface area contributed by atoms with E-state index in [-0.39, 0.29) is 5.41 Å². The van der Waals surface area contributed by atoms with E-state index in [0.717, 1.165) is 0 Å². The molecular formula is C52H41NP2. The Labute approximate surface area is 327 Å². The van der Waals surface area contributed by atoms with Crippen molar-refractivity contribution in [3.8, 4) is 11.1 Å². The fourth-order valence-electron chi connectivity index (χ4n) is 9.50. The molecule has 1 heterocycles. The second-order valence-corrected chi connectivity index (χ2v) is 20.2. The van der Waals surface area contributed by atoms with Gasteiger partial charge in [0.1, 0.15) is 0 Å². The van der Waals surface area contributed by atoms with Gasteiger partial charge in [-0.1, -0.05) is 196 Å². The molecule has 0 spiro atoms. The summed E-state index contributed by atoms with van der Waals surface area (Å²) in [6, 6.07) is 76.6. The summed E-state index contributed by atoms with van der Waals surface area (Å²) in [6.07, 6.45) is 0. The Morgan fingerprint density at radius 3 is 1.42 bits per heavy atom. The van der Waals surface area contributed by atoms with Crippen molar-refractivity contribution in [1.82, 2.24) is 0 Å². The maximum atomic E-state index is 4.50. The van der Waals surface area contributed by atoms with E-state index in [1.54, 1.807) is 0 Å². The van der Waals surface area contributed by atoms with Gasteiger partial charge in [0.15, 0.2) is 0 Å². The van der Waals surface area contributed by atoms with Gasteiger partial charge < -0.3 is 4.90 Å². The first-order chi connectivity index (χ1) is 26.9. The zero-order chi connectivity index (χ0) is 37.2. The molecule has 1 aliphatic carbocycles. The molecule has 2 aliphatic rings. The first-order valence-corrected chi connectivity index (χ1v) is 22.2. The van der Waals surface area contributed by atoms with E-state index >= 15 is 0 Å². The van der Waals surface area contributed by atoms with E-state index in [1.165, 1.54) is 77.5 Å². The predicted molar refractivity (Wildman–Crippen MR) is 238 cm³/mol. The maximum absolute atomic E-state index is 4.50. The SMILES string of the molecule is CC1(C)c2ccccc2N(c2ccccc2)c2ccc(C3(c4ccc(P(=P)(c5ccccc5)c5ccccc5)cc4)c4ccccc4-c4ccccc43)cc21. The van der Waals surface area contributed by atoms with Crippen molar-refractivity contribution in [1.29, 1.82) is 0 Å². The van der Waals surface area contributed by atoms with E-state index in [2.05, 4.69) is 234 Å². The Kier molecular flexibility index (Phi) is 7.97. The Bertz CT molecular complexity index is 2660. The number of hydrogen-bond acceptors (Lipinski definition) is 1. The van der Waals surface area contributed by atoms with E-state index in [4.69, 9.17) is 0 Å². The van der Waals surface area contributed by atoms with Gasteiger partial charge in [-0.15, -0.1) is 8.53 Å². The lowest BCUT2D eigenvalue weighted by atomic mass is 9.65. The summed E-state index contributed by atoms with van der Waals surface area (Å²) in [5, 5.41) is 3.90. The van der Waals surface area contributed by atoms with Crippen LogP contribution in [-0.4, -0.2) is 0 Å². The third kappa shape index (κ3) is 4.97. The van der Waals surface area contributed by atoms with Crippen LogP contribution in [0.5, 0.6) is 0 Å². The minimum atomic E-state index is -2.10. The predicted octanol–water partition coefficient (Wildman–Crippen LogP) is 12.5. The first kappa shape index (κ1) is 33.8. The molecule has 0 saturated heterocycles. The van der Waals surface area contributed by atoms with Gasteiger partial charge >= 0.3 is 0 Å². The monoisotopic (exact) mass is 741 g/mol. The van der Waals surface area contributed by atoms with Crippen LogP contribution in [-0.2, 0) is 10.8 Å². The molecule has 10 rings (SSSR count). The van der Waals surface area contributed by atoms with E-state index < -0.39 is 12.0 Å². The van der Waals surface area contributed by atoms with Gasteiger partial charge in [-0.25, -0.2) is 0 Å². The normalized spacial score (nSPS) is 14.7. The van der Waals surface area contributed by atoms with Crippen LogP contribution >= 0.6 is 15.1 Å². The topological polar surface area (TPSA) is 3.24 Å². The second-order valence-electron chi connectivity index (χ2n) is 15.3. The molecule has 0 saturated carbocycles. The lowest BCUT2D eigenvalue weighted by molar-refractivity contribution is 0.627. The molecule has 0 atom stereocenters. The van der Waals surface area contributed by atoms with E-state index in [1.807, 2.05) is 0 Å². The summed E-state index contributed by atoms with van der Waals surface area (Å²) >= 11 is 0. The van der Waals surface area contributed by atoms with Gasteiger partial charge in [0, 0.05) is 11.1 Å². The number of fused-ring (bicyclic) bond motifs is 5. The number of nitrogens with zero attached hydrogens (tertiary/aromatic N) is 1. The van der Waals surface area contributed by atoms with Crippen LogP contribution < -0.4 is 20.8 Å². The van der Waals surface area contributed by atoms with Crippen molar-refractivity contribution < 1.29 is 0 Å². The second kappa shape index (κ2) is 13.0. The summed E-state index contributed by atoms with van der Waals surface area (Å²) in [5.74, 6) is 0. The highest BCUT2D eigenvalue weighted by molar-refractivity contribution is 8.13. The van der Waals surface area contributed by atoms with Crippen LogP contribution in [0, 0.1) is 0 Å². The van der Waals surface area contributed by atoms with Crippen LogP contribution in [0.2, 0.25) is 0 Å². The van der Waals surface area contributed by atoms with Gasteiger partial charge in [-0.2, -0.15) is 0 Å². The minimum absolute atomic E-state index is 0.235. The molecule has 8 aromatic carbocycles. The Balaban J connectivity index is 1.23. The largest absolute Gasteiger partial charge is 0.310 e. The third-order valence-corrected chi connectivity index (χ3v) is 17.6. The number of hydrogen-bond donors (Lipinski definition) is 0. The smallest absolute Gasteiger partial charge is 0.0713 e. The highest BCUT2D eigenvalue weighted by Crippen LogP contribution is 2.59. The van der Waals surface area contributed by atoms with Crippen LogP contribution in [0.3, 0.4) is 0 Å². The average Bonchev–Trinajstić information content (AvgIpc) is 3.55. The molecule has 0 amide bonds. The fourth-order valence-corrected chi connectivity index (χ4v) is 13.6. The molecule has 1 aliphatic heterocycles. The highest BCUT2D eigenvalue weighted by atomic mass is 31.8. The lowest BCUT2D eigenvalue weighted by Crippen LogP contribution is -2.33. The fraction of sp³-hybridized carbons (Fsp3) is 0.0769.